The lowest BCUT2D eigenvalue weighted by atomic mass is 10.2. The molecule has 0 spiro atoms. The van der Waals surface area contributed by atoms with E-state index in [1.54, 1.807) is 48.5 Å². The van der Waals surface area contributed by atoms with Gasteiger partial charge in [0.1, 0.15) is 12.4 Å². The first-order valence-corrected chi connectivity index (χ1v) is 11.9. The monoisotopic (exact) mass is 502 g/mol. The number of nitrogens with zero attached hydrogens (tertiary/aromatic N) is 1. The van der Waals surface area contributed by atoms with E-state index in [0.717, 1.165) is 29.5 Å². The lowest BCUT2D eigenvalue weighted by Crippen LogP contribution is -2.32. The highest BCUT2D eigenvalue weighted by molar-refractivity contribution is 8.18. The fourth-order valence-corrected chi connectivity index (χ4v) is 4.15. The van der Waals surface area contributed by atoms with Crippen LogP contribution in [0.5, 0.6) is 17.2 Å². The minimum Gasteiger partial charge on any atom is -0.493 e. The van der Waals surface area contributed by atoms with Gasteiger partial charge in [-0.1, -0.05) is 17.7 Å². The molecule has 1 N–H and O–H groups in total. The average Bonchev–Trinajstić information content (AvgIpc) is 3.60. The summed E-state index contributed by atoms with van der Waals surface area (Å²) >= 11 is 6.72. The third kappa shape index (κ3) is 6.24. The number of carbonyl (C=O) groups is 3. The molecule has 2 fully saturated rings. The maximum absolute atomic E-state index is 12.7. The van der Waals surface area contributed by atoms with Crippen LogP contribution in [0, 0.1) is 0 Å². The Kier molecular flexibility index (Phi) is 7.64. The van der Waals surface area contributed by atoms with Crippen LogP contribution in [0.15, 0.2) is 47.4 Å². The lowest BCUT2D eigenvalue weighted by molar-refractivity contribution is -0.123. The number of ether oxygens (including phenoxy) is 3. The average molecular weight is 503 g/mol. The second-order valence-corrected chi connectivity index (χ2v) is 9.11. The summed E-state index contributed by atoms with van der Waals surface area (Å²) in [6, 6.07) is 12.2. The minimum absolute atomic E-state index is 0.108. The number of methoxy groups -OCH3 is 1. The third-order valence-corrected chi connectivity index (χ3v) is 6.22. The van der Waals surface area contributed by atoms with Crippen molar-refractivity contribution in [3.8, 4) is 17.2 Å². The van der Waals surface area contributed by atoms with Crippen molar-refractivity contribution in [2.75, 3.05) is 26.9 Å². The molecule has 4 rings (SSSR count). The van der Waals surface area contributed by atoms with E-state index in [-0.39, 0.29) is 42.9 Å². The van der Waals surface area contributed by atoms with Crippen LogP contribution in [0.1, 0.15) is 18.4 Å². The number of benzene rings is 2. The summed E-state index contributed by atoms with van der Waals surface area (Å²) < 4.78 is 16.5. The van der Waals surface area contributed by atoms with Crippen LogP contribution in [-0.2, 0) is 9.59 Å². The first-order chi connectivity index (χ1) is 16.4. The number of imide groups is 1. The highest BCUT2D eigenvalue weighted by Gasteiger charge is 2.34. The predicted octanol–water partition coefficient (Wildman–Crippen LogP) is 4.12. The number of amides is 3. The SMILES string of the molecule is COc1cc(/C=C2\SC(=O)N(CCOc3ccc(Cl)cc3)C2=O)ccc1OCC(=O)NC1CC1. The Bertz CT molecular complexity index is 1120. The van der Waals surface area contributed by atoms with Gasteiger partial charge in [0, 0.05) is 11.1 Å². The van der Waals surface area contributed by atoms with Crippen LogP contribution < -0.4 is 19.5 Å². The highest BCUT2D eigenvalue weighted by Crippen LogP contribution is 2.34. The molecule has 34 heavy (non-hydrogen) atoms. The second kappa shape index (κ2) is 10.8. The van der Waals surface area contributed by atoms with Gasteiger partial charge in [0.05, 0.1) is 18.6 Å². The molecule has 10 heteroatoms. The number of rotatable bonds is 10. The van der Waals surface area contributed by atoms with Gasteiger partial charge in [0.15, 0.2) is 18.1 Å². The molecule has 0 bridgehead atoms. The zero-order valence-electron chi connectivity index (χ0n) is 18.4. The Morgan fingerprint density at radius 1 is 1.15 bits per heavy atom. The van der Waals surface area contributed by atoms with Crippen LogP contribution >= 0.6 is 23.4 Å². The van der Waals surface area contributed by atoms with Crippen molar-refractivity contribution < 1.29 is 28.6 Å². The summed E-state index contributed by atoms with van der Waals surface area (Å²) in [5, 5.41) is 3.09. The molecular weight excluding hydrogens is 480 g/mol. The molecule has 2 aromatic carbocycles. The van der Waals surface area contributed by atoms with Gasteiger partial charge in [-0.15, -0.1) is 0 Å². The summed E-state index contributed by atoms with van der Waals surface area (Å²) in [6.45, 7) is 0.188. The molecule has 2 aliphatic rings. The molecule has 8 nitrogen and oxygen atoms in total. The maximum Gasteiger partial charge on any atom is 0.293 e. The van der Waals surface area contributed by atoms with E-state index in [4.69, 9.17) is 25.8 Å². The number of hydrogen-bond acceptors (Lipinski definition) is 7. The quantitative estimate of drug-likeness (QED) is 0.488. The Morgan fingerprint density at radius 3 is 2.62 bits per heavy atom. The standard InChI is InChI=1S/C24H23ClN2O6S/c1-31-20-12-15(2-9-19(20)33-14-22(28)26-17-5-6-17)13-21-23(29)27(24(30)34-21)10-11-32-18-7-3-16(25)4-8-18/h2-4,7-9,12-13,17H,5-6,10-11,14H2,1H3,(H,26,28)/b21-13-. The van der Waals surface area contributed by atoms with Gasteiger partial charge in [-0.2, -0.15) is 0 Å². The largest absolute Gasteiger partial charge is 0.493 e. The van der Waals surface area contributed by atoms with Crippen molar-refractivity contribution in [2.45, 2.75) is 18.9 Å². The zero-order chi connectivity index (χ0) is 24.1. The van der Waals surface area contributed by atoms with Crippen LogP contribution in [0.4, 0.5) is 4.79 Å². The summed E-state index contributed by atoms with van der Waals surface area (Å²) in [6.07, 6.45) is 3.63. The number of hydrogen-bond donors (Lipinski definition) is 1. The first kappa shape index (κ1) is 24.0. The van der Waals surface area contributed by atoms with E-state index in [1.165, 1.54) is 7.11 Å². The van der Waals surface area contributed by atoms with Gasteiger partial charge in [-0.25, -0.2) is 0 Å². The van der Waals surface area contributed by atoms with Gasteiger partial charge in [0.25, 0.3) is 17.1 Å². The molecule has 0 radical (unpaired) electrons. The van der Waals surface area contributed by atoms with Gasteiger partial charge in [-0.3, -0.25) is 19.3 Å². The Morgan fingerprint density at radius 2 is 1.91 bits per heavy atom. The van der Waals surface area contributed by atoms with E-state index in [9.17, 15) is 14.4 Å². The molecule has 1 saturated carbocycles. The lowest BCUT2D eigenvalue weighted by Gasteiger charge is -2.13. The van der Waals surface area contributed by atoms with Crippen LogP contribution in [0.2, 0.25) is 5.02 Å². The van der Waals surface area contributed by atoms with Gasteiger partial charge < -0.3 is 19.5 Å². The van der Waals surface area contributed by atoms with Crippen molar-refractivity contribution in [3.63, 3.8) is 0 Å². The summed E-state index contributed by atoms with van der Waals surface area (Å²) in [5.41, 5.74) is 0.662. The molecule has 2 aromatic rings. The molecule has 1 aliphatic carbocycles. The van der Waals surface area contributed by atoms with Crippen LogP contribution in [-0.4, -0.2) is 54.9 Å². The second-order valence-electron chi connectivity index (χ2n) is 7.68. The van der Waals surface area contributed by atoms with Crippen molar-refractivity contribution >= 4 is 46.5 Å². The van der Waals surface area contributed by atoms with Gasteiger partial charge in [-0.05, 0) is 72.6 Å². The Labute approximate surface area is 206 Å². The molecular formula is C24H23ClN2O6S. The highest BCUT2D eigenvalue weighted by atomic mass is 35.5. The smallest absolute Gasteiger partial charge is 0.293 e. The van der Waals surface area contributed by atoms with Gasteiger partial charge >= 0.3 is 0 Å². The molecule has 178 valence electrons. The summed E-state index contributed by atoms with van der Waals surface area (Å²) in [4.78, 5) is 38.4. The van der Waals surface area contributed by atoms with Gasteiger partial charge in [0.2, 0.25) is 0 Å². The maximum atomic E-state index is 12.7. The topological polar surface area (TPSA) is 94.2 Å². The normalized spacial score (nSPS) is 16.6. The molecule has 1 heterocycles. The molecule has 1 aliphatic heterocycles. The van der Waals surface area contributed by atoms with E-state index >= 15 is 0 Å². The Hall–Kier alpha value is -3.17. The van der Waals surface area contributed by atoms with Crippen molar-refractivity contribution in [1.29, 1.82) is 0 Å². The fraction of sp³-hybridized carbons (Fsp3) is 0.292. The van der Waals surface area contributed by atoms with Crippen LogP contribution in [0.3, 0.4) is 0 Å². The molecule has 0 aromatic heterocycles. The number of carbonyl (C=O) groups excluding carboxylic acids is 3. The van der Waals surface area contributed by atoms with E-state index < -0.39 is 0 Å². The number of halogens is 1. The minimum atomic E-state index is -0.384. The van der Waals surface area contributed by atoms with Crippen molar-refractivity contribution in [3.05, 3.63) is 58.0 Å². The van der Waals surface area contributed by atoms with Crippen molar-refractivity contribution in [1.82, 2.24) is 10.2 Å². The molecule has 0 atom stereocenters. The third-order valence-electron chi connectivity index (χ3n) is 5.06. The molecule has 3 amide bonds. The number of thioether (sulfide) groups is 1. The van der Waals surface area contributed by atoms with E-state index in [2.05, 4.69) is 5.32 Å². The summed E-state index contributed by atoms with van der Waals surface area (Å²) in [7, 11) is 1.49. The van der Waals surface area contributed by atoms with E-state index in [1.807, 2.05) is 0 Å². The predicted molar refractivity (Wildman–Crippen MR) is 129 cm³/mol. The van der Waals surface area contributed by atoms with Crippen LogP contribution in [0.25, 0.3) is 6.08 Å². The summed E-state index contributed by atoms with van der Waals surface area (Å²) in [5.74, 6) is 0.876. The molecule has 1 saturated heterocycles. The zero-order valence-corrected chi connectivity index (χ0v) is 20.0. The van der Waals surface area contributed by atoms with E-state index in [0.29, 0.717) is 32.7 Å². The Balaban J connectivity index is 1.35. The fourth-order valence-electron chi connectivity index (χ4n) is 3.16. The van der Waals surface area contributed by atoms with Crippen molar-refractivity contribution in [2.24, 2.45) is 0 Å². The molecule has 0 unspecified atom stereocenters. The first-order valence-electron chi connectivity index (χ1n) is 10.7. The number of nitrogens with one attached hydrogen (secondary N) is 1.